The van der Waals surface area contributed by atoms with Gasteiger partial charge in [-0.15, -0.1) is 0 Å². The lowest BCUT2D eigenvalue weighted by Crippen LogP contribution is -2.64. The predicted octanol–water partition coefficient (Wildman–Crippen LogP) is 2.21. The van der Waals surface area contributed by atoms with E-state index in [-0.39, 0.29) is 25.5 Å². The molecule has 0 aromatic heterocycles. The number of nitrogens with zero attached hydrogens (tertiary/aromatic N) is 1. The molecule has 3 aliphatic rings. The van der Waals surface area contributed by atoms with E-state index in [2.05, 4.69) is 20.9 Å². The molecule has 0 spiro atoms. The van der Waals surface area contributed by atoms with Crippen LogP contribution in [-0.2, 0) is 35.4 Å². The zero-order valence-corrected chi connectivity index (χ0v) is 29.8. The fourth-order valence-electron chi connectivity index (χ4n) is 7.18. The van der Waals surface area contributed by atoms with Gasteiger partial charge in [-0.3, -0.25) is 19.3 Å². The highest BCUT2D eigenvalue weighted by Gasteiger charge is 2.47. The molecule has 4 N–H and O–H groups in total. The van der Waals surface area contributed by atoms with Gasteiger partial charge in [0.15, 0.2) is 9.84 Å². The first-order valence-electron chi connectivity index (χ1n) is 17.1. The van der Waals surface area contributed by atoms with E-state index in [0.29, 0.717) is 31.4 Å². The fourth-order valence-corrected chi connectivity index (χ4v) is 7.78. The molecule has 12 heteroatoms. The Hall–Kier alpha value is -2.54. The van der Waals surface area contributed by atoms with Crippen LogP contribution in [0.3, 0.4) is 0 Å². The monoisotopic (exact) mass is 676 g/mol. The molecule has 2 aliphatic heterocycles. The Labute approximate surface area is 280 Å². The van der Waals surface area contributed by atoms with Crippen molar-refractivity contribution in [2.75, 3.05) is 32.6 Å². The third kappa shape index (κ3) is 9.77. The van der Waals surface area contributed by atoms with Crippen LogP contribution in [0.1, 0.15) is 78.7 Å². The van der Waals surface area contributed by atoms with Crippen molar-refractivity contribution in [3.8, 4) is 0 Å². The topological polar surface area (TPSA) is 154 Å². The molecule has 1 aromatic rings. The lowest BCUT2D eigenvalue weighted by Gasteiger charge is -2.47. The summed E-state index contributed by atoms with van der Waals surface area (Å²) in [5.74, 6) is -0.786. The quantitative estimate of drug-likeness (QED) is 0.263. The van der Waals surface area contributed by atoms with Gasteiger partial charge in [-0.1, -0.05) is 49.6 Å². The number of nitrogens with one attached hydrogen (secondary N) is 3. The van der Waals surface area contributed by atoms with E-state index in [1.165, 1.54) is 13.8 Å². The number of carbonyl (C=O) groups excluding carboxylic acids is 3. The minimum Gasteiger partial charge on any atom is -0.390 e. The number of β-amino-alcohol motifs (C(OH)–C–C–N with tert-alkyl or cyclic N) is 1. The highest BCUT2D eigenvalue weighted by molar-refractivity contribution is 7.92. The summed E-state index contributed by atoms with van der Waals surface area (Å²) in [5, 5.41) is 20.7. The van der Waals surface area contributed by atoms with E-state index >= 15 is 0 Å². The van der Waals surface area contributed by atoms with Crippen molar-refractivity contribution < 1.29 is 32.6 Å². The van der Waals surface area contributed by atoms with Crippen LogP contribution in [0.15, 0.2) is 30.3 Å². The van der Waals surface area contributed by atoms with Gasteiger partial charge in [0.05, 0.1) is 35.5 Å². The second-order valence-corrected chi connectivity index (χ2v) is 18.1. The molecule has 2 heterocycles. The molecule has 1 saturated carbocycles. The van der Waals surface area contributed by atoms with Gasteiger partial charge < -0.3 is 25.8 Å². The second kappa shape index (κ2) is 15.3. The standard InChI is InChI=1S/C35H56N4O7S/c1-34(2,3)38-32(42)28-19-24-14-10-11-15-25(24)20-39(28)21-29(40)27(18-23-12-8-7-9-13-23)36-33(43)30(35(4,5)47(6,44)45)37-31(41)26-16-17-46-22-26/h7-9,12-13,24-30,40H,10-11,14-22H2,1-6H3,(H,36,43)(H,37,41)(H,38,42)/t24?,25?,26?,27-,28-,29+,30+/m0/s1. The van der Waals surface area contributed by atoms with Crippen molar-refractivity contribution in [3.63, 3.8) is 0 Å². The smallest absolute Gasteiger partial charge is 0.244 e. The minimum absolute atomic E-state index is 0.0639. The summed E-state index contributed by atoms with van der Waals surface area (Å²) in [6, 6.07) is 6.78. The molecule has 47 heavy (non-hydrogen) atoms. The van der Waals surface area contributed by atoms with Crippen LogP contribution < -0.4 is 16.0 Å². The van der Waals surface area contributed by atoms with Crippen molar-refractivity contribution in [1.29, 1.82) is 0 Å². The van der Waals surface area contributed by atoms with Gasteiger partial charge in [0, 0.05) is 31.5 Å². The van der Waals surface area contributed by atoms with E-state index in [1.807, 2.05) is 51.1 Å². The van der Waals surface area contributed by atoms with E-state index in [9.17, 15) is 27.9 Å². The first-order valence-corrected chi connectivity index (χ1v) is 19.0. The minimum atomic E-state index is -3.82. The Morgan fingerprint density at radius 2 is 1.64 bits per heavy atom. The Morgan fingerprint density at radius 3 is 2.23 bits per heavy atom. The van der Waals surface area contributed by atoms with Gasteiger partial charge in [-0.25, -0.2) is 8.42 Å². The number of hydrogen-bond acceptors (Lipinski definition) is 8. The Balaban J connectivity index is 1.60. The van der Waals surface area contributed by atoms with Crippen LogP contribution in [0.5, 0.6) is 0 Å². The summed E-state index contributed by atoms with van der Waals surface area (Å²) in [5.41, 5.74) is 0.460. The average Bonchev–Trinajstić information content (AvgIpc) is 3.53. The molecule has 0 bridgehead atoms. The number of hydrogen-bond donors (Lipinski definition) is 4. The van der Waals surface area contributed by atoms with Gasteiger partial charge in [-0.2, -0.15) is 0 Å². The van der Waals surface area contributed by atoms with Gasteiger partial charge in [0.1, 0.15) is 6.04 Å². The number of aliphatic hydroxyl groups is 1. The van der Waals surface area contributed by atoms with Crippen molar-refractivity contribution >= 4 is 27.6 Å². The van der Waals surface area contributed by atoms with Crippen molar-refractivity contribution in [3.05, 3.63) is 35.9 Å². The van der Waals surface area contributed by atoms with Gasteiger partial charge in [-0.05, 0) is 77.7 Å². The van der Waals surface area contributed by atoms with Crippen LogP contribution in [0.4, 0.5) is 0 Å². The molecular formula is C35H56N4O7S. The van der Waals surface area contributed by atoms with Crippen LogP contribution in [0, 0.1) is 17.8 Å². The molecule has 1 aromatic carbocycles. The normalized spacial score (nSPS) is 26.0. The van der Waals surface area contributed by atoms with E-state index < -0.39 is 62.1 Å². The van der Waals surface area contributed by atoms with Gasteiger partial charge >= 0.3 is 0 Å². The summed E-state index contributed by atoms with van der Waals surface area (Å²) in [4.78, 5) is 42.9. The number of fused-ring (bicyclic) bond motifs is 1. The summed E-state index contributed by atoms with van der Waals surface area (Å²) in [6.45, 7) is 10.2. The maximum atomic E-state index is 14.1. The molecule has 264 valence electrons. The van der Waals surface area contributed by atoms with Crippen molar-refractivity contribution in [1.82, 2.24) is 20.9 Å². The Bertz CT molecular complexity index is 1340. The molecule has 1 aliphatic carbocycles. The second-order valence-electron chi connectivity index (χ2n) is 15.5. The van der Waals surface area contributed by atoms with Crippen LogP contribution in [-0.4, -0.2) is 103 Å². The first-order chi connectivity index (χ1) is 22.0. The number of benzene rings is 1. The number of carbonyl (C=O) groups is 3. The Morgan fingerprint density at radius 1 is 0.979 bits per heavy atom. The lowest BCUT2D eigenvalue weighted by atomic mass is 9.72. The largest absolute Gasteiger partial charge is 0.390 e. The van der Waals surface area contributed by atoms with Crippen LogP contribution in [0.25, 0.3) is 0 Å². The summed E-state index contributed by atoms with van der Waals surface area (Å²) in [6.07, 6.45) is 5.93. The lowest BCUT2D eigenvalue weighted by molar-refractivity contribution is -0.134. The van der Waals surface area contributed by atoms with Crippen LogP contribution in [0.2, 0.25) is 0 Å². The number of amides is 3. The number of ether oxygens (including phenoxy) is 1. The summed E-state index contributed by atoms with van der Waals surface area (Å²) in [7, 11) is -3.82. The number of piperidine rings is 1. The molecule has 3 unspecified atom stereocenters. The molecule has 2 saturated heterocycles. The van der Waals surface area contributed by atoms with E-state index in [1.54, 1.807) is 0 Å². The molecule has 7 atom stereocenters. The van der Waals surface area contributed by atoms with Gasteiger partial charge in [0.2, 0.25) is 17.7 Å². The third-order valence-electron chi connectivity index (χ3n) is 10.3. The SMILES string of the molecule is CC(C)(C)NC(=O)[C@@H]1CC2CCCCC2CN1C[C@@H](O)[C@H](Cc1ccccc1)NC(=O)[C@@H](NC(=O)C1CCOC1)C(C)(C)S(C)(=O)=O. The first kappa shape index (κ1) is 37.3. The summed E-state index contributed by atoms with van der Waals surface area (Å²) >= 11 is 0. The number of likely N-dealkylation sites (tertiary alicyclic amines) is 1. The molecule has 3 amide bonds. The molecular weight excluding hydrogens is 620 g/mol. The van der Waals surface area contributed by atoms with E-state index in [4.69, 9.17) is 4.74 Å². The molecule has 4 rings (SSSR count). The summed E-state index contributed by atoms with van der Waals surface area (Å²) < 4.78 is 29.6. The maximum absolute atomic E-state index is 14.1. The zero-order valence-electron chi connectivity index (χ0n) is 29.0. The highest BCUT2D eigenvalue weighted by atomic mass is 32.2. The highest BCUT2D eigenvalue weighted by Crippen LogP contribution is 2.39. The fraction of sp³-hybridized carbons (Fsp3) is 0.743. The third-order valence-corrected chi connectivity index (χ3v) is 12.5. The van der Waals surface area contributed by atoms with Crippen LogP contribution >= 0.6 is 0 Å². The average molecular weight is 677 g/mol. The van der Waals surface area contributed by atoms with Gasteiger partial charge in [0.25, 0.3) is 0 Å². The molecule has 0 radical (unpaired) electrons. The number of aliphatic hydroxyl groups excluding tert-OH is 1. The molecule has 11 nitrogen and oxygen atoms in total. The molecule has 3 fully saturated rings. The predicted molar refractivity (Wildman–Crippen MR) is 181 cm³/mol. The maximum Gasteiger partial charge on any atom is 0.244 e. The van der Waals surface area contributed by atoms with Crippen molar-refractivity contribution in [2.45, 2.75) is 114 Å². The van der Waals surface area contributed by atoms with Crippen molar-refractivity contribution in [2.24, 2.45) is 17.8 Å². The zero-order chi connectivity index (χ0) is 34.6. The van der Waals surface area contributed by atoms with E-state index in [0.717, 1.165) is 43.9 Å². The number of sulfone groups is 1. The number of rotatable bonds is 12. The Kier molecular flexibility index (Phi) is 12.2.